The highest BCUT2D eigenvalue weighted by atomic mass is 16.3. The van der Waals surface area contributed by atoms with Crippen LogP contribution in [0.15, 0.2) is 12.2 Å². The summed E-state index contributed by atoms with van der Waals surface area (Å²) in [5, 5.41) is 20.5. The van der Waals surface area contributed by atoms with Gasteiger partial charge in [0.25, 0.3) is 0 Å². The molecular weight excluding hydrogens is 176 g/mol. The van der Waals surface area contributed by atoms with Crippen molar-refractivity contribution < 1.29 is 10.2 Å². The molecule has 2 N–H and O–H groups in total. The number of rotatable bonds is 0. The van der Waals surface area contributed by atoms with E-state index in [-0.39, 0.29) is 17.6 Å². The summed E-state index contributed by atoms with van der Waals surface area (Å²) in [6, 6.07) is 0. The first-order valence-electron chi connectivity index (χ1n) is 5.58. The highest BCUT2D eigenvalue weighted by Crippen LogP contribution is 2.60. The molecule has 0 aromatic heterocycles. The van der Waals surface area contributed by atoms with E-state index in [4.69, 9.17) is 0 Å². The van der Waals surface area contributed by atoms with E-state index in [0.717, 1.165) is 6.42 Å². The third-order valence-corrected chi connectivity index (χ3v) is 4.84. The highest BCUT2D eigenvalue weighted by molar-refractivity contribution is 5.21. The van der Waals surface area contributed by atoms with Gasteiger partial charge in [-0.25, -0.2) is 0 Å². The van der Waals surface area contributed by atoms with Crippen LogP contribution in [0.1, 0.15) is 20.3 Å². The van der Waals surface area contributed by atoms with Gasteiger partial charge in [0.2, 0.25) is 0 Å². The van der Waals surface area contributed by atoms with Crippen molar-refractivity contribution in [3.8, 4) is 0 Å². The Morgan fingerprint density at radius 2 is 1.43 bits per heavy atom. The third kappa shape index (κ3) is 0.801. The summed E-state index contributed by atoms with van der Waals surface area (Å²) < 4.78 is 0. The largest absolute Gasteiger partial charge is 0.392 e. The minimum Gasteiger partial charge on any atom is -0.392 e. The summed E-state index contributed by atoms with van der Waals surface area (Å²) in [7, 11) is 0. The number of aliphatic hydroxyl groups is 2. The molecule has 14 heavy (non-hydrogen) atoms. The van der Waals surface area contributed by atoms with Gasteiger partial charge in [-0.1, -0.05) is 26.0 Å². The topological polar surface area (TPSA) is 40.5 Å². The molecule has 6 unspecified atom stereocenters. The zero-order valence-electron chi connectivity index (χ0n) is 8.72. The Morgan fingerprint density at radius 1 is 1.00 bits per heavy atom. The molecule has 0 spiro atoms. The zero-order chi connectivity index (χ0) is 10.1. The van der Waals surface area contributed by atoms with Crippen molar-refractivity contribution in [2.75, 3.05) is 0 Å². The molecule has 78 valence electrons. The van der Waals surface area contributed by atoms with Crippen molar-refractivity contribution in [3.05, 3.63) is 12.2 Å². The number of allylic oxidation sites excluding steroid dienone is 2. The number of hydrogen-bond acceptors (Lipinski definition) is 2. The first-order valence-corrected chi connectivity index (χ1v) is 5.58. The van der Waals surface area contributed by atoms with Gasteiger partial charge in [0.1, 0.15) is 0 Å². The minimum absolute atomic E-state index is 0.315. The lowest BCUT2D eigenvalue weighted by atomic mass is 9.82. The number of fused-ring (bicyclic) bond motifs is 5. The summed E-state index contributed by atoms with van der Waals surface area (Å²) in [6.45, 7) is 3.97. The molecule has 2 bridgehead atoms. The van der Waals surface area contributed by atoms with Crippen LogP contribution < -0.4 is 0 Å². The van der Waals surface area contributed by atoms with Crippen LogP contribution in [-0.2, 0) is 0 Å². The van der Waals surface area contributed by atoms with Crippen LogP contribution in [0.4, 0.5) is 0 Å². The molecule has 0 aliphatic heterocycles. The Morgan fingerprint density at radius 3 is 1.86 bits per heavy atom. The average Bonchev–Trinajstić information content (AvgIpc) is 2.76. The summed E-state index contributed by atoms with van der Waals surface area (Å²) in [5.41, 5.74) is -0.321. The van der Waals surface area contributed by atoms with E-state index in [1.54, 1.807) is 0 Å². The molecule has 6 atom stereocenters. The summed E-state index contributed by atoms with van der Waals surface area (Å²) in [4.78, 5) is 0. The fraction of sp³-hybridized carbons (Fsp3) is 0.833. The smallest absolute Gasteiger partial charge is 0.0653 e. The second-order valence-corrected chi connectivity index (χ2v) is 5.81. The van der Waals surface area contributed by atoms with Gasteiger partial charge in [-0.15, -0.1) is 0 Å². The van der Waals surface area contributed by atoms with Gasteiger partial charge in [0, 0.05) is 5.41 Å². The molecule has 2 saturated carbocycles. The Labute approximate surface area is 84.6 Å². The zero-order valence-corrected chi connectivity index (χ0v) is 8.72. The van der Waals surface area contributed by atoms with Gasteiger partial charge >= 0.3 is 0 Å². The molecule has 0 aromatic carbocycles. The molecule has 3 aliphatic carbocycles. The predicted octanol–water partition coefficient (Wildman–Crippen LogP) is 1.19. The minimum atomic E-state index is -0.331. The lowest BCUT2D eigenvalue weighted by molar-refractivity contribution is -0.0195. The van der Waals surface area contributed by atoms with Gasteiger partial charge in [0.05, 0.1) is 12.2 Å². The Bertz CT molecular complexity index is 269. The lowest BCUT2D eigenvalue weighted by Gasteiger charge is -2.29. The maximum absolute atomic E-state index is 10.2. The Kier molecular flexibility index (Phi) is 1.54. The van der Waals surface area contributed by atoms with Crippen LogP contribution in [0.3, 0.4) is 0 Å². The van der Waals surface area contributed by atoms with Crippen LogP contribution in [-0.4, -0.2) is 22.4 Å². The standard InChI is InChI=1S/C12H18O2/c1-12(2)10(13)8-6-3-4-7(5-6)9(8)11(12)14/h3-4,6-11,13-14H,5H2,1-2H3. The number of hydrogen-bond donors (Lipinski definition) is 2. The maximum atomic E-state index is 10.2. The van der Waals surface area contributed by atoms with Crippen LogP contribution in [0, 0.1) is 29.1 Å². The van der Waals surface area contributed by atoms with Gasteiger partial charge in [-0.2, -0.15) is 0 Å². The normalized spacial score (nSPS) is 58.0. The van der Waals surface area contributed by atoms with Gasteiger partial charge in [-0.05, 0) is 30.1 Å². The van der Waals surface area contributed by atoms with E-state index in [9.17, 15) is 10.2 Å². The molecule has 3 aliphatic rings. The Hall–Kier alpha value is -0.340. The van der Waals surface area contributed by atoms with Crippen LogP contribution in [0.5, 0.6) is 0 Å². The fourth-order valence-electron chi connectivity index (χ4n) is 3.95. The molecular formula is C12H18O2. The number of aliphatic hydroxyl groups excluding tert-OH is 2. The molecule has 0 radical (unpaired) electrons. The van der Waals surface area contributed by atoms with Crippen molar-refractivity contribution in [1.29, 1.82) is 0 Å². The fourth-order valence-corrected chi connectivity index (χ4v) is 3.95. The Balaban J connectivity index is 2.02. The summed E-state index contributed by atoms with van der Waals surface area (Å²) in [6.07, 6.45) is 4.97. The van der Waals surface area contributed by atoms with Crippen molar-refractivity contribution in [3.63, 3.8) is 0 Å². The molecule has 3 rings (SSSR count). The third-order valence-electron chi connectivity index (χ3n) is 4.84. The second-order valence-electron chi connectivity index (χ2n) is 5.81. The van der Waals surface area contributed by atoms with Crippen molar-refractivity contribution in [1.82, 2.24) is 0 Å². The molecule has 2 fully saturated rings. The van der Waals surface area contributed by atoms with E-state index < -0.39 is 0 Å². The summed E-state index contributed by atoms with van der Waals surface area (Å²) >= 11 is 0. The van der Waals surface area contributed by atoms with Gasteiger partial charge in [-0.3, -0.25) is 0 Å². The SMILES string of the molecule is CC1(C)C(O)C2C3C=CC(C3)C2C1O. The van der Waals surface area contributed by atoms with Gasteiger partial charge < -0.3 is 10.2 Å². The lowest BCUT2D eigenvalue weighted by Crippen LogP contribution is -2.36. The summed E-state index contributed by atoms with van der Waals surface area (Å²) in [5.74, 6) is 1.68. The van der Waals surface area contributed by atoms with E-state index in [2.05, 4.69) is 12.2 Å². The highest BCUT2D eigenvalue weighted by Gasteiger charge is 2.62. The predicted molar refractivity (Wildman–Crippen MR) is 53.5 cm³/mol. The molecule has 0 saturated heterocycles. The molecule has 0 aromatic rings. The van der Waals surface area contributed by atoms with E-state index in [0.29, 0.717) is 23.7 Å². The first kappa shape index (κ1) is 8.93. The maximum Gasteiger partial charge on any atom is 0.0653 e. The first-order chi connectivity index (χ1) is 6.53. The van der Waals surface area contributed by atoms with Crippen LogP contribution in [0.25, 0.3) is 0 Å². The van der Waals surface area contributed by atoms with E-state index in [1.807, 2.05) is 13.8 Å². The quantitative estimate of drug-likeness (QED) is 0.569. The van der Waals surface area contributed by atoms with Crippen LogP contribution in [0.2, 0.25) is 0 Å². The van der Waals surface area contributed by atoms with Crippen LogP contribution >= 0.6 is 0 Å². The molecule has 0 amide bonds. The van der Waals surface area contributed by atoms with Gasteiger partial charge in [0.15, 0.2) is 0 Å². The van der Waals surface area contributed by atoms with Crippen molar-refractivity contribution in [2.45, 2.75) is 32.5 Å². The van der Waals surface area contributed by atoms with Crippen molar-refractivity contribution in [2.24, 2.45) is 29.1 Å². The molecule has 2 heteroatoms. The van der Waals surface area contributed by atoms with Crippen molar-refractivity contribution >= 4 is 0 Å². The molecule has 2 nitrogen and oxygen atoms in total. The monoisotopic (exact) mass is 194 g/mol. The second kappa shape index (κ2) is 2.42. The molecule has 0 heterocycles. The average molecular weight is 194 g/mol. The van der Waals surface area contributed by atoms with E-state index >= 15 is 0 Å². The van der Waals surface area contributed by atoms with E-state index in [1.165, 1.54) is 0 Å².